The predicted octanol–water partition coefficient (Wildman–Crippen LogP) is 3.33. The fourth-order valence-electron chi connectivity index (χ4n) is 2.24. The van der Waals surface area contributed by atoms with Crippen molar-refractivity contribution in [1.29, 1.82) is 0 Å². The van der Waals surface area contributed by atoms with E-state index < -0.39 is 17.5 Å². The Bertz CT molecular complexity index is 897. The number of fused-ring (bicyclic) bond motifs is 1. The van der Waals surface area contributed by atoms with E-state index in [1.165, 1.54) is 23.5 Å². The standard InChI is InChI=1S/C16H14F2N4O2S.C2H6/c17-10-5-9(6-11(18)7-10)8-20-16-21-12-1-4-25-14(12)13(22-16)15(24)19-2-3-23;1-2/h1,4-7,23H,2-3,8H2,(H,19,24)(H,20,21,22);1-2H3. The summed E-state index contributed by atoms with van der Waals surface area (Å²) >= 11 is 1.33. The first-order valence-electron chi connectivity index (χ1n) is 8.40. The molecule has 27 heavy (non-hydrogen) atoms. The maximum atomic E-state index is 13.2. The monoisotopic (exact) mass is 394 g/mol. The number of aromatic nitrogens is 2. The number of carbonyl (C=O) groups is 1. The molecule has 1 amide bonds. The van der Waals surface area contributed by atoms with Crippen molar-refractivity contribution in [2.75, 3.05) is 18.5 Å². The van der Waals surface area contributed by atoms with E-state index in [1.807, 2.05) is 13.8 Å². The van der Waals surface area contributed by atoms with E-state index in [4.69, 9.17) is 5.11 Å². The first-order chi connectivity index (χ1) is 13.1. The molecule has 0 fully saturated rings. The Hall–Kier alpha value is -2.65. The fraction of sp³-hybridized carbons (Fsp3) is 0.278. The first-order valence-corrected chi connectivity index (χ1v) is 9.28. The number of amides is 1. The Balaban J connectivity index is 0.00000126. The van der Waals surface area contributed by atoms with Crippen LogP contribution in [0.3, 0.4) is 0 Å². The second kappa shape index (κ2) is 9.89. The number of aliphatic hydroxyl groups excluding tert-OH is 1. The van der Waals surface area contributed by atoms with Gasteiger partial charge in [-0.15, -0.1) is 11.3 Å². The van der Waals surface area contributed by atoms with Crippen LogP contribution in [-0.2, 0) is 6.54 Å². The summed E-state index contributed by atoms with van der Waals surface area (Å²) in [4.78, 5) is 20.7. The van der Waals surface area contributed by atoms with Gasteiger partial charge in [0.25, 0.3) is 5.91 Å². The van der Waals surface area contributed by atoms with E-state index in [9.17, 15) is 13.6 Å². The number of carbonyl (C=O) groups excluding carboxylic acids is 1. The van der Waals surface area contributed by atoms with Crippen LogP contribution in [0.5, 0.6) is 0 Å². The molecular weight excluding hydrogens is 374 g/mol. The first kappa shape index (κ1) is 20.7. The third-order valence-corrected chi connectivity index (χ3v) is 4.20. The molecule has 0 atom stereocenters. The van der Waals surface area contributed by atoms with Crippen molar-refractivity contribution in [1.82, 2.24) is 15.3 Å². The van der Waals surface area contributed by atoms with Gasteiger partial charge in [-0.25, -0.2) is 18.7 Å². The molecule has 0 aliphatic rings. The molecule has 9 heteroatoms. The molecule has 1 aromatic carbocycles. The molecule has 0 saturated heterocycles. The van der Waals surface area contributed by atoms with Crippen molar-refractivity contribution < 1.29 is 18.7 Å². The van der Waals surface area contributed by atoms with E-state index in [0.29, 0.717) is 15.8 Å². The Morgan fingerprint density at radius 2 is 1.89 bits per heavy atom. The van der Waals surface area contributed by atoms with Crippen LogP contribution in [-0.4, -0.2) is 34.1 Å². The van der Waals surface area contributed by atoms with Crippen molar-refractivity contribution in [3.63, 3.8) is 0 Å². The third kappa shape index (κ3) is 5.41. The van der Waals surface area contributed by atoms with Crippen molar-refractivity contribution in [3.8, 4) is 0 Å². The molecule has 0 unspecified atom stereocenters. The van der Waals surface area contributed by atoms with Gasteiger partial charge in [-0.2, -0.15) is 0 Å². The van der Waals surface area contributed by atoms with E-state index in [0.717, 1.165) is 6.07 Å². The molecular formula is C18H20F2N4O2S. The fourth-order valence-corrected chi connectivity index (χ4v) is 3.06. The maximum Gasteiger partial charge on any atom is 0.271 e. The second-order valence-electron chi connectivity index (χ2n) is 5.14. The Morgan fingerprint density at radius 1 is 1.19 bits per heavy atom. The van der Waals surface area contributed by atoms with Crippen molar-refractivity contribution in [3.05, 3.63) is 52.5 Å². The molecule has 2 aromatic heterocycles. The topological polar surface area (TPSA) is 87.1 Å². The molecule has 0 radical (unpaired) electrons. The van der Waals surface area contributed by atoms with Crippen LogP contribution in [0.1, 0.15) is 29.9 Å². The smallest absolute Gasteiger partial charge is 0.271 e. The SMILES string of the molecule is CC.O=C(NCCO)c1nc(NCc2cc(F)cc(F)c2)nc2ccsc12. The van der Waals surface area contributed by atoms with E-state index in [1.54, 1.807) is 11.4 Å². The zero-order chi connectivity index (χ0) is 19.8. The maximum absolute atomic E-state index is 13.2. The lowest BCUT2D eigenvalue weighted by Gasteiger charge is -2.09. The van der Waals surface area contributed by atoms with Gasteiger partial charge in [-0.3, -0.25) is 4.79 Å². The van der Waals surface area contributed by atoms with Crippen LogP contribution in [0.25, 0.3) is 10.2 Å². The van der Waals surface area contributed by atoms with Crippen molar-refractivity contribution in [2.45, 2.75) is 20.4 Å². The van der Waals surface area contributed by atoms with Crippen LogP contribution in [0.4, 0.5) is 14.7 Å². The van der Waals surface area contributed by atoms with Gasteiger partial charge < -0.3 is 15.7 Å². The summed E-state index contributed by atoms with van der Waals surface area (Å²) in [5, 5.41) is 16.0. The summed E-state index contributed by atoms with van der Waals surface area (Å²) in [6.07, 6.45) is 0. The van der Waals surface area contributed by atoms with Gasteiger partial charge in [-0.05, 0) is 29.1 Å². The van der Waals surface area contributed by atoms with Gasteiger partial charge in [0, 0.05) is 19.2 Å². The van der Waals surface area contributed by atoms with Gasteiger partial charge in [-0.1, -0.05) is 13.8 Å². The summed E-state index contributed by atoms with van der Waals surface area (Å²) in [7, 11) is 0. The molecule has 0 bridgehead atoms. The highest BCUT2D eigenvalue weighted by atomic mass is 32.1. The highest BCUT2D eigenvalue weighted by Crippen LogP contribution is 2.24. The Labute approximate surface area is 159 Å². The van der Waals surface area contributed by atoms with E-state index in [-0.39, 0.29) is 31.3 Å². The van der Waals surface area contributed by atoms with Gasteiger partial charge in [0.15, 0.2) is 5.69 Å². The number of rotatable bonds is 6. The number of halogens is 2. The van der Waals surface area contributed by atoms with Gasteiger partial charge in [0.1, 0.15) is 11.6 Å². The molecule has 2 heterocycles. The molecule has 144 valence electrons. The van der Waals surface area contributed by atoms with Crippen LogP contribution in [0.15, 0.2) is 29.6 Å². The number of nitrogens with zero attached hydrogens (tertiary/aromatic N) is 2. The lowest BCUT2D eigenvalue weighted by molar-refractivity contribution is 0.0942. The summed E-state index contributed by atoms with van der Waals surface area (Å²) in [5.41, 5.74) is 1.15. The minimum atomic E-state index is -0.671. The van der Waals surface area contributed by atoms with Gasteiger partial charge in [0.05, 0.1) is 16.8 Å². The quantitative estimate of drug-likeness (QED) is 0.597. The number of benzene rings is 1. The highest BCUT2D eigenvalue weighted by molar-refractivity contribution is 7.17. The van der Waals surface area contributed by atoms with Crippen molar-refractivity contribution in [2.24, 2.45) is 0 Å². The zero-order valence-corrected chi connectivity index (χ0v) is 15.7. The molecule has 0 aliphatic heterocycles. The highest BCUT2D eigenvalue weighted by Gasteiger charge is 2.16. The van der Waals surface area contributed by atoms with Crippen LogP contribution in [0.2, 0.25) is 0 Å². The number of hydrogen-bond acceptors (Lipinski definition) is 6. The summed E-state index contributed by atoms with van der Waals surface area (Å²) in [5.74, 6) is -1.60. The molecule has 3 rings (SSSR count). The average molecular weight is 394 g/mol. The minimum Gasteiger partial charge on any atom is -0.395 e. The lowest BCUT2D eigenvalue weighted by Crippen LogP contribution is -2.27. The molecule has 0 saturated carbocycles. The summed E-state index contributed by atoms with van der Waals surface area (Å²) in [6.45, 7) is 4.03. The summed E-state index contributed by atoms with van der Waals surface area (Å²) in [6, 6.07) is 4.95. The molecule has 0 aliphatic carbocycles. The molecule has 3 aromatic rings. The number of anilines is 1. The number of aliphatic hydroxyl groups is 1. The van der Waals surface area contributed by atoms with E-state index in [2.05, 4.69) is 20.6 Å². The van der Waals surface area contributed by atoms with Gasteiger partial charge in [0.2, 0.25) is 5.95 Å². The molecule has 0 spiro atoms. The van der Waals surface area contributed by atoms with E-state index >= 15 is 0 Å². The molecule has 3 N–H and O–H groups in total. The average Bonchev–Trinajstić information content (AvgIpc) is 3.13. The predicted molar refractivity (Wildman–Crippen MR) is 102 cm³/mol. The third-order valence-electron chi connectivity index (χ3n) is 3.29. The Morgan fingerprint density at radius 3 is 2.56 bits per heavy atom. The molecule has 6 nitrogen and oxygen atoms in total. The second-order valence-corrected chi connectivity index (χ2v) is 6.06. The van der Waals surface area contributed by atoms with Crippen LogP contribution in [0, 0.1) is 11.6 Å². The largest absolute Gasteiger partial charge is 0.395 e. The van der Waals surface area contributed by atoms with Crippen LogP contribution >= 0.6 is 11.3 Å². The zero-order valence-electron chi connectivity index (χ0n) is 14.9. The normalized spacial score (nSPS) is 10.3. The minimum absolute atomic E-state index is 0.0992. The van der Waals surface area contributed by atoms with Crippen LogP contribution < -0.4 is 10.6 Å². The van der Waals surface area contributed by atoms with Crippen molar-refractivity contribution >= 4 is 33.4 Å². The number of nitrogens with one attached hydrogen (secondary N) is 2. The summed E-state index contributed by atoms with van der Waals surface area (Å²) < 4.78 is 27.1. The number of thiophene rings is 1. The Kier molecular flexibility index (Phi) is 7.56. The lowest BCUT2D eigenvalue weighted by atomic mass is 10.2. The number of hydrogen-bond donors (Lipinski definition) is 3. The van der Waals surface area contributed by atoms with Gasteiger partial charge >= 0.3 is 0 Å².